The second-order valence-corrected chi connectivity index (χ2v) is 5.18. The topological polar surface area (TPSA) is 80.9 Å². The Kier molecular flexibility index (Phi) is 4.02. The van der Waals surface area contributed by atoms with Crippen molar-refractivity contribution in [3.8, 4) is 10.7 Å². The zero-order valence-corrected chi connectivity index (χ0v) is 11.8. The van der Waals surface area contributed by atoms with Crippen LogP contribution in [0, 0.1) is 0 Å². The van der Waals surface area contributed by atoms with Gasteiger partial charge in [-0.25, -0.2) is 0 Å². The number of hydrogen-bond donors (Lipinski definition) is 1. The van der Waals surface area contributed by atoms with Crippen LogP contribution in [0.5, 0.6) is 0 Å². The molecule has 0 aromatic carbocycles. The van der Waals surface area contributed by atoms with Crippen molar-refractivity contribution >= 4 is 17.2 Å². The Bertz CT molecular complexity index is 710. The highest BCUT2D eigenvalue weighted by atomic mass is 32.1. The molecule has 0 saturated heterocycles. The van der Waals surface area contributed by atoms with Gasteiger partial charge in [0.1, 0.15) is 0 Å². The summed E-state index contributed by atoms with van der Waals surface area (Å²) in [6.07, 6.45) is 3.64. The summed E-state index contributed by atoms with van der Waals surface area (Å²) in [5, 5.41) is 8.66. The highest BCUT2D eigenvalue weighted by Gasteiger charge is 2.10. The third-order valence-electron chi connectivity index (χ3n) is 2.76. The van der Waals surface area contributed by atoms with Crippen molar-refractivity contribution in [1.82, 2.24) is 20.4 Å². The van der Waals surface area contributed by atoms with E-state index in [1.165, 1.54) is 6.20 Å². The molecule has 0 spiro atoms. The Morgan fingerprint density at radius 2 is 2.29 bits per heavy atom. The van der Waals surface area contributed by atoms with E-state index in [2.05, 4.69) is 20.4 Å². The van der Waals surface area contributed by atoms with Crippen LogP contribution in [0.2, 0.25) is 0 Å². The van der Waals surface area contributed by atoms with Crippen molar-refractivity contribution in [2.75, 3.05) is 6.54 Å². The van der Waals surface area contributed by atoms with E-state index < -0.39 is 0 Å². The lowest BCUT2D eigenvalue weighted by molar-refractivity contribution is 0.0953. The van der Waals surface area contributed by atoms with Crippen LogP contribution in [-0.4, -0.2) is 27.6 Å². The third-order valence-corrected chi connectivity index (χ3v) is 3.62. The molecule has 3 aromatic rings. The first-order valence-electron chi connectivity index (χ1n) is 6.37. The Morgan fingerprint density at radius 1 is 1.33 bits per heavy atom. The van der Waals surface area contributed by atoms with Gasteiger partial charge in [-0.2, -0.15) is 4.98 Å². The van der Waals surface area contributed by atoms with Gasteiger partial charge in [0.2, 0.25) is 11.7 Å². The monoisotopic (exact) mass is 300 g/mol. The van der Waals surface area contributed by atoms with Crippen molar-refractivity contribution < 1.29 is 9.32 Å². The normalized spacial score (nSPS) is 10.5. The maximum absolute atomic E-state index is 11.8. The summed E-state index contributed by atoms with van der Waals surface area (Å²) >= 11 is 1.55. The molecule has 7 heteroatoms. The van der Waals surface area contributed by atoms with Crippen LogP contribution in [0.25, 0.3) is 10.7 Å². The molecular formula is C14H12N4O2S. The van der Waals surface area contributed by atoms with Crippen LogP contribution in [0.1, 0.15) is 16.2 Å². The summed E-state index contributed by atoms with van der Waals surface area (Å²) in [5.74, 6) is 0.921. The number of carbonyl (C=O) groups is 1. The van der Waals surface area contributed by atoms with Gasteiger partial charge in [-0.3, -0.25) is 9.78 Å². The Hall–Kier alpha value is -2.54. The first kappa shape index (κ1) is 13.4. The summed E-state index contributed by atoms with van der Waals surface area (Å²) in [6.45, 7) is 0.430. The van der Waals surface area contributed by atoms with E-state index in [9.17, 15) is 4.79 Å². The third kappa shape index (κ3) is 3.32. The van der Waals surface area contributed by atoms with Crippen LogP contribution in [0.4, 0.5) is 0 Å². The van der Waals surface area contributed by atoms with E-state index in [4.69, 9.17) is 4.52 Å². The van der Waals surface area contributed by atoms with Crippen LogP contribution in [0.3, 0.4) is 0 Å². The molecule has 0 unspecified atom stereocenters. The number of nitrogens with one attached hydrogen (secondary N) is 1. The fraction of sp³-hybridized carbons (Fsp3) is 0.143. The lowest BCUT2D eigenvalue weighted by Gasteiger charge is -2.02. The van der Waals surface area contributed by atoms with Gasteiger partial charge >= 0.3 is 0 Å². The summed E-state index contributed by atoms with van der Waals surface area (Å²) in [6, 6.07) is 7.30. The van der Waals surface area contributed by atoms with Crippen molar-refractivity contribution in [3.63, 3.8) is 0 Å². The second-order valence-electron chi connectivity index (χ2n) is 4.24. The van der Waals surface area contributed by atoms with Gasteiger partial charge in [-0.05, 0) is 23.6 Å². The predicted molar refractivity (Wildman–Crippen MR) is 77.9 cm³/mol. The van der Waals surface area contributed by atoms with Gasteiger partial charge in [-0.1, -0.05) is 11.2 Å². The molecular weight excluding hydrogens is 288 g/mol. The molecule has 3 aromatic heterocycles. The molecule has 21 heavy (non-hydrogen) atoms. The Balaban J connectivity index is 1.53. The van der Waals surface area contributed by atoms with E-state index >= 15 is 0 Å². The number of aromatic nitrogens is 3. The number of thiophene rings is 1. The highest BCUT2D eigenvalue weighted by molar-refractivity contribution is 7.13. The molecule has 0 atom stereocenters. The number of carbonyl (C=O) groups excluding carboxylic acids is 1. The first-order valence-corrected chi connectivity index (χ1v) is 7.25. The number of hydrogen-bond acceptors (Lipinski definition) is 6. The number of nitrogens with zero attached hydrogens (tertiary/aromatic N) is 3. The molecule has 0 aliphatic carbocycles. The standard InChI is InChI=1S/C14H12N4O2S/c19-14(10-3-1-6-15-9-10)16-7-5-12-17-13(18-20-12)11-4-2-8-21-11/h1-4,6,8-9H,5,7H2,(H,16,19). The molecule has 3 rings (SSSR count). The van der Waals surface area contributed by atoms with E-state index in [1.54, 1.807) is 29.7 Å². The van der Waals surface area contributed by atoms with E-state index in [1.807, 2.05) is 17.5 Å². The number of amides is 1. The van der Waals surface area contributed by atoms with Crippen LogP contribution < -0.4 is 5.32 Å². The fourth-order valence-electron chi connectivity index (χ4n) is 1.74. The largest absolute Gasteiger partial charge is 0.351 e. The lowest BCUT2D eigenvalue weighted by atomic mass is 10.2. The van der Waals surface area contributed by atoms with Gasteiger partial charge in [0.25, 0.3) is 5.91 Å². The molecule has 0 aliphatic heterocycles. The van der Waals surface area contributed by atoms with Crippen LogP contribution in [0.15, 0.2) is 46.6 Å². The second kappa shape index (κ2) is 6.27. The van der Waals surface area contributed by atoms with E-state index in [0.717, 1.165) is 4.88 Å². The summed E-state index contributed by atoms with van der Waals surface area (Å²) in [4.78, 5) is 21.0. The van der Waals surface area contributed by atoms with Gasteiger partial charge in [-0.15, -0.1) is 11.3 Å². The van der Waals surface area contributed by atoms with Crippen LogP contribution in [-0.2, 0) is 6.42 Å². The van der Waals surface area contributed by atoms with Crippen molar-refractivity contribution in [2.24, 2.45) is 0 Å². The Morgan fingerprint density at radius 3 is 3.05 bits per heavy atom. The number of rotatable bonds is 5. The predicted octanol–water partition coefficient (Wildman–Crippen LogP) is 2.17. The zero-order chi connectivity index (χ0) is 14.5. The smallest absolute Gasteiger partial charge is 0.252 e. The van der Waals surface area contributed by atoms with Gasteiger partial charge in [0, 0.05) is 25.4 Å². The quantitative estimate of drug-likeness (QED) is 0.781. The maximum atomic E-state index is 11.8. The van der Waals surface area contributed by atoms with Gasteiger partial charge in [0.15, 0.2) is 0 Å². The molecule has 106 valence electrons. The molecule has 1 amide bonds. The van der Waals surface area contributed by atoms with Gasteiger partial charge in [0.05, 0.1) is 10.4 Å². The lowest BCUT2D eigenvalue weighted by Crippen LogP contribution is -2.25. The summed E-state index contributed by atoms with van der Waals surface area (Å²) in [7, 11) is 0. The SMILES string of the molecule is O=C(NCCc1nc(-c2cccs2)no1)c1cccnc1. The van der Waals surface area contributed by atoms with Gasteiger partial charge < -0.3 is 9.84 Å². The average Bonchev–Trinajstić information content (AvgIpc) is 3.19. The molecule has 0 fully saturated rings. The minimum atomic E-state index is -0.166. The summed E-state index contributed by atoms with van der Waals surface area (Å²) in [5.41, 5.74) is 0.530. The molecule has 0 aliphatic rings. The molecule has 3 heterocycles. The van der Waals surface area contributed by atoms with Crippen molar-refractivity contribution in [3.05, 3.63) is 53.5 Å². The molecule has 1 N–H and O–H groups in total. The molecule has 6 nitrogen and oxygen atoms in total. The minimum absolute atomic E-state index is 0.166. The fourth-order valence-corrected chi connectivity index (χ4v) is 2.39. The molecule has 0 bridgehead atoms. The molecule has 0 radical (unpaired) electrons. The number of pyridine rings is 1. The minimum Gasteiger partial charge on any atom is -0.351 e. The van der Waals surface area contributed by atoms with Crippen molar-refractivity contribution in [1.29, 1.82) is 0 Å². The van der Waals surface area contributed by atoms with E-state index in [-0.39, 0.29) is 5.91 Å². The first-order chi connectivity index (χ1) is 10.3. The zero-order valence-electron chi connectivity index (χ0n) is 11.0. The average molecular weight is 300 g/mol. The van der Waals surface area contributed by atoms with Crippen molar-refractivity contribution in [2.45, 2.75) is 6.42 Å². The Labute approximate surface area is 124 Å². The summed E-state index contributed by atoms with van der Waals surface area (Å²) < 4.78 is 5.16. The maximum Gasteiger partial charge on any atom is 0.252 e. The highest BCUT2D eigenvalue weighted by Crippen LogP contribution is 2.21. The van der Waals surface area contributed by atoms with E-state index in [0.29, 0.717) is 30.2 Å². The molecule has 0 saturated carbocycles. The van der Waals surface area contributed by atoms with Crippen LogP contribution >= 0.6 is 11.3 Å².